The maximum Gasteiger partial charge on any atom is 0.0316 e. The van der Waals surface area contributed by atoms with E-state index in [0.29, 0.717) is 0 Å². The summed E-state index contributed by atoms with van der Waals surface area (Å²) in [6.45, 7) is 3.45. The first-order valence-electron chi connectivity index (χ1n) is 3.00. The molecule has 1 nitrogen and oxygen atoms in total. The van der Waals surface area contributed by atoms with Crippen LogP contribution in [0.5, 0.6) is 0 Å². The minimum atomic E-state index is 1.73. The Labute approximate surface area is 67.6 Å². The highest BCUT2D eigenvalue weighted by atomic mass is 14.8. The van der Waals surface area contributed by atoms with Gasteiger partial charge in [0, 0.05) is 23.9 Å². The monoisotopic (exact) mass is 141 g/mol. The second kappa shape index (κ2) is 8.04. The van der Waals surface area contributed by atoms with Crippen molar-refractivity contribution < 1.29 is 0 Å². The van der Waals surface area contributed by atoms with Crippen molar-refractivity contribution in [2.75, 3.05) is 0 Å². The van der Waals surface area contributed by atoms with Crippen LogP contribution in [0.3, 0.4) is 0 Å². The number of hydrogen-bond donors (Lipinski definition) is 1. The molecule has 0 radical (unpaired) electrons. The Bertz CT molecular complexity index is 297. The molecule has 0 aromatic heterocycles. The lowest BCUT2D eigenvalue weighted by Gasteiger charge is -1.70. The zero-order valence-corrected chi connectivity index (χ0v) is 6.50. The van der Waals surface area contributed by atoms with Gasteiger partial charge < -0.3 is 0 Å². The molecule has 0 unspecified atom stereocenters. The highest BCUT2D eigenvalue weighted by Crippen LogP contribution is 1.51. The number of hydrogen-bond acceptors (Lipinski definition) is 1. The molecule has 0 rings (SSSR count). The van der Waals surface area contributed by atoms with Crippen molar-refractivity contribution >= 4 is 0 Å². The fourth-order valence-electron chi connectivity index (χ4n) is 0.281. The van der Waals surface area contributed by atoms with Crippen LogP contribution in [-0.2, 0) is 0 Å². The smallest absolute Gasteiger partial charge is 0.0316 e. The van der Waals surface area contributed by atoms with Crippen molar-refractivity contribution in [1.82, 2.24) is 5.32 Å². The van der Waals surface area contributed by atoms with Crippen LogP contribution in [-0.4, -0.2) is 0 Å². The average Bonchev–Trinajstić information content (AvgIpc) is 2.03. The zero-order valence-electron chi connectivity index (χ0n) is 6.50. The Kier molecular flexibility index (Phi) is 6.61. The fourth-order valence-corrected chi connectivity index (χ4v) is 0.281. The van der Waals surface area contributed by atoms with E-state index in [2.05, 4.69) is 52.9 Å². The molecule has 0 aliphatic carbocycles. The van der Waals surface area contributed by atoms with Crippen molar-refractivity contribution in [3.8, 4) is 47.6 Å². The largest absolute Gasteiger partial charge is 0.272 e. The van der Waals surface area contributed by atoms with E-state index < -0.39 is 0 Å². The summed E-state index contributed by atoms with van der Waals surface area (Å²) >= 11 is 0. The lowest BCUT2D eigenvalue weighted by Crippen LogP contribution is -1.91. The van der Waals surface area contributed by atoms with Gasteiger partial charge in [0.1, 0.15) is 0 Å². The van der Waals surface area contributed by atoms with E-state index in [1.807, 2.05) is 0 Å². The third-order valence-electron chi connectivity index (χ3n) is 0.625. The van der Waals surface area contributed by atoms with Crippen LogP contribution in [0.25, 0.3) is 0 Å². The molecule has 0 amide bonds. The average molecular weight is 141 g/mol. The van der Waals surface area contributed by atoms with Crippen LogP contribution in [0.15, 0.2) is 0 Å². The first-order valence-corrected chi connectivity index (χ1v) is 3.00. The topological polar surface area (TPSA) is 12.0 Å². The highest BCUT2D eigenvalue weighted by molar-refractivity contribution is 5.28. The Hall–Kier alpha value is -1.96. The van der Waals surface area contributed by atoms with Crippen molar-refractivity contribution in [2.45, 2.75) is 13.8 Å². The summed E-state index contributed by atoms with van der Waals surface area (Å²) in [7, 11) is 0. The van der Waals surface area contributed by atoms with Gasteiger partial charge in [-0.1, -0.05) is 11.8 Å². The Morgan fingerprint density at radius 3 is 1.55 bits per heavy atom. The van der Waals surface area contributed by atoms with Gasteiger partial charge >= 0.3 is 0 Å². The molecule has 1 heteroatoms. The maximum absolute atomic E-state index is 2.63. The summed E-state index contributed by atoms with van der Waals surface area (Å²) in [6, 6.07) is 5.06. The van der Waals surface area contributed by atoms with Gasteiger partial charge in [-0.3, -0.25) is 5.32 Å². The molecule has 0 bridgehead atoms. The molecule has 0 atom stereocenters. The van der Waals surface area contributed by atoms with Gasteiger partial charge in [-0.25, -0.2) is 0 Å². The normalized spacial score (nSPS) is 4.18. The molecule has 11 heavy (non-hydrogen) atoms. The standard InChI is InChI=1S/C10H7N/c1-3-5-7-9-11-10-8-6-4-2/h11H,1-2H3. The molecule has 0 heterocycles. The first kappa shape index (κ1) is 9.04. The van der Waals surface area contributed by atoms with Crippen molar-refractivity contribution in [3.63, 3.8) is 0 Å². The first-order chi connectivity index (χ1) is 5.41. The second-order valence-corrected chi connectivity index (χ2v) is 1.38. The van der Waals surface area contributed by atoms with Gasteiger partial charge in [-0.2, -0.15) is 0 Å². The van der Waals surface area contributed by atoms with Crippen LogP contribution >= 0.6 is 0 Å². The summed E-state index contributed by atoms with van der Waals surface area (Å²) in [5, 5.41) is 2.53. The number of nitrogens with one attached hydrogen (secondary N) is 1. The molecular formula is C10H7N. The molecule has 0 saturated carbocycles. The molecule has 52 valence electrons. The van der Waals surface area contributed by atoms with Crippen LogP contribution in [0, 0.1) is 47.6 Å². The quantitative estimate of drug-likeness (QED) is 0.383. The van der Waals surface area contributed by atoms with E-state index in [1.54, 1.807) is 13.8 Å². The summed E-state index contributed by atoms with van der Waals surface area (Å²) in [4.78, 5) is 0. The molecule has 0 aromatic carbocycles. The molecule has 0 fully saturated rings. The number of rotatable bonds is 0. The second-order valence-electron chi connectivity index (χ2n) is 1.38. The fraction of sp³-hybridized carbons (Fsp3) is 0.200. The molecule has 1 N–H and O–H groups in total. The Balaban J connectivity index is 3.72. The van der Waals surface area contributed by atoms with Crippen LogP contribution in [0.4, 0.5) is 0 Å². The zero-order chi connectivity index (χ0) is 8.36. The third-order valence-corrected chi connectivity index (χ3v) is 0.625. The lowest BCUT2D eigenvalue weighted by atomic mass is 10.6. The summed E-state index contributed by atoms with van der Waals surface area (Å²) < 4.78 is 0. The van der Waals surface area contributed by atoms with Gasteiger partial charge in [-0.15, -0.1) is 0 Å². The third kappa shape index (κ3) is 8.04. The van der Waals surface area contributed by atoms with E-state index in [4.69, 9.17) is 0 Å². The van der Waals surface area contributed by atoms with Gasteiger partial charge in [0.05, 0.1) is 0 Å². The van der Waals surface area contributed by atoms with Gasteiger partial charge in [-0.05, 0) is 25.7 Å². The van der Waals surface area contributed by atoms with Gasteiger partial charge in [0.2, 0.25) is 0 Å². The lowest BCUT2D eigenvalue weighted by molar-refractivity contribution is 1.34. The van der Waals surface area contributed by atoms with E-state index >= 15 is 0 Å². The van der Waals surface area contributed by atoms with E-state index in [1.165, 1.54) is 0 Å². The van der Waals surface area contributed by atoms with E-state index in [-0.39, 0.29) is 0 Å². The van der Waals surface area contributed by atoms with Gasteiger partial charge in [0.25, 0.3) is 0 Å². The SMILES string of the molecule is CC#CC#CNC#CC#CC. The van der Waals surface area contributed by atoms with Crippen molar-refractivity contribution in [2.24, 2.45) is 0 Å². The van der Waals surface area contributed by atoms with Crippen LogP contribution in [0.2, 0.25) is 0 Å². The molecule has 0 saturated heterocycles. The van der Waals surface area contributed by atoms with Crippen LogP contribution < -0.4 is 5.32 Å². The van der Waals surface area contributed by atoms with Crippen molar-refractivity contribution in [3.05, 3.63) is 0 Å². The van der Waals surface area contributed by atoms with E-state index in [9.17, 15) is 0 Å². The van der Waals surface area contributed by atoms with Gasteiger partial charge in [0.15, 0.2) is 0 Å². The minimum Gasteiger partial charge on any atom is -0.272 e. The van der Waals surface area contributed by atoms with E-state index in [0.717, 1.165) is 0 Å². The predicted octanol–water partition coefficient (Wildman–Crippen LogP) is 0.544. The molecule has 0 aromatic rings. The Morgan fingerprint density at radius 1 is 0.727 bits per heavy atom. The van der Waals surface area contributed by atoms with Crippen LogP contribution in [0.1, 0.15) is 13.8 Å². The Morgan fingerprint density at radius 2 is 1.18 bits per heavy atom. The maximum atomic E-state index is 2.63. The molecule has 0 aliphatic heterocycles. The summed E-state index contributed by atoms with van der Waals surface area (Å²) in [6.07, 6.45) is 0. The van der Waals surface area contributed by atoms with Crippen molar-refractivity contribution in [1.29, 1.82) is 0 Å². The molecule has 0 aliphatic rings. The summed E-state index contributed by atoms with van der Waals surface area (Å²) in [5.74, 6) is 15.5. The molecule has 0 spiro atoms. The molecular weight excluding hydrogens is 134 g/mol. The summed E-state index contributed by atoms with van der Waals surface area (Å²) in [5.41, 5.74) is 0. The minimum absolute atomic E-state index is 1.73. The highest BCUT2D eigenvalue weighted by Gasteiger charge is 1.57. The predicted molar refractivity (Wildman–Crippen MR) is 45.6 cm³/mol.